The Kier molecular flexibility index (Phi) is 4.35. The van der Waals surface area contributed by atoms with Crippen LogP contribution in [0.2, 0.25) is 0 Å². The van der Waals surface area contributed by atoms with Gasteiger partial charge in [0.2, 0.25) is 0 Å². The van der Waals surface area contributed by atoms with E-state index in [0.29, 0.717) is 4.05 Å². The van der Waals surface area contributed by atoms with E-state index in [0.717, 1.165) is 19.4 Å². The van der Waals surface area contributed by atoms with Crippen molar-refractivity contribution in [3.8, 4) is 0 Å². The average Bonchev–Trinajstić information content (AvgIpc) is 2.17. The van der Waals surface area contributed by atoms with Gasteiger partial charge in [0.25, 0.3) is 0 Å². The summed E-state index contributed by atoms with van der Waals surface area (Å²) < 4.78 is 5.15. The monoisotopic (exact) mass is 280 g/mol. The molecule has 1 saturated heterocycles. The molecule has 1 heterocycles. The molecule has 0 bridgehead atoms. The Morgan fingerprint density at radius 1 is 1.67 bits per heavy atom. The van der Waals surface area contributed by atoms with E-state index in [1.165, 1.54) is 7.11 Å². The molecule has 0 saturated carbocycles. The van der Waals surface area contributed by atoms with Crippen molar-refractivity contribution < 1.29 is 30.5 Å². The number of carbonyl (C=O) groups excluding carboxylic acids is 1. The second-order valence-corrected chi connectivity index (χ2v) is 5.02. The first-order valence-electron chi connectivity index (χ1n) is 3.91. The van der Waals surface area contributed by atoms with E-state index in [9.17, 15) is 4.79 Å². The molecule has 1 aliphatic heterocycles. The van der Waals surface area contributed by atoms with E-state index in [-0.39, 0.29) is 32.9 Å². The van der Waals surface area contributed by atoms with E-state index in [4.69, 9.17) is 5.70 Å². The number of hydrogen-bond acceptors (Lipinski definition) is 3. The number of methoxy groups -OCH3 is 1. The normalized spacial score (nSPS) is 30.1. The van der Waals surface area contributed by atoms with Crippen LogP contribution < -0.4 is 26.3 Å². The molecule has 1 aliphatic rings. The molecule has 0 spiro atoms. The Hall–Kier alpha value is 0.225. The molecule has 0 aromatic heterocycles. The number of rotatable bonds is 2. The van der Waals surface area contributed by atoms with Crippen molar-refractivity contribution in [3.63, 3.8) is 0 Å². The maximum absolute atomic E-state index is 11.1. The van der Waals surface area contributed by atoms with Gasteiger partial charge in [-0.25, -0.2) is 0 Å². The van der Waals surface area contributed by atoms with Crippen molar-refractivity contribution in [3.05, 3.63) is 0 Å². The van der Waals surface area contributed by atoms with Gasteiger partial charge in [0, 0.05) is 0 Å². The molecule has 2 atom stereocenters. The van der Waals surface area contributed by atoms with Crippen LogP contribution in [0.3, 0.4) is 0 Å². The van der Waals surface area contributed by atoms with Crippen molar-refractivity contribution >= 4 is 11.7 Å². The first kappa shape index (κ1) is 10.3. The van der Waals surface area contributed by atoms with Gasteiger partial charge in [-0.2, -0.15) is 0 Å². The van der Waals surface area contributed by atoms with Gasteiger partial charge in [0.05, 0.1) is 0 Å². The van der Waals surface area contributed by atoms with Gasteiger partial charge in [-0.05, 0) is 0 Å². The summed E-state index contributed by atoms with van der Waals surface area (Å²) in [6.07, 6.45) is 1.94. The van der Waals surface area contributed by atoms with Crippen LogP contribution in [0.15, 0.2) is 0 Å². The molecule has 2 unspecified atom stereocenters. The van der Waals surface area contributed by atoms with Crippen molar-refractivity contribution in [1.29, 1.82) is 0 Å². The summed E-state index contributed by atoms with van der Waals surface area (Å²) in [5, 5.41) is 3.26. The number of halogens is 1. The fourth-order valence-electron chi connectivity index (χ4n) is 1.30. The Labute approximate surface area is 84.0 Å². The van der Waals surface area contributed by atoms with Gasteiger partial charge < -0.3 is 0 Å². The van der Waals surface area contributed by atoms with Gasteiger partial charge in [-0.15, -0.1) is 0 Å². The number of ether oxygens (including phenoxy) is 1. The van der Waals surface area contributed by atoms with Crippen LogP contribution in [0.4, 0.5) is 0 Å². The van der Waals surface area contributed by atoms with Crippen LogP contribution in [0, 0.1) is 5.92 Å². The zero-order chi connectivity index (χ0) is 8.97. The first-order chi connectivity index (χ1) is 5.77. The summed E-state index contributed by atoms with van der Waals surface area (Å²) >= 11 is -0.221. The number of carbonyl (C=O) groups is 1. The molecule has 1 fully saturated rings. The number of alkyl halides is 1. The zero-order valence-corrected chi connectivity index (χ0v) is 9.21. The molecule has 0 amide bonds. The van der Waals surface area contributed by atoms with E-state index in [2.05, 4.69) is 10.1 Å². The van der Waals surface area contributed by atoms with Crippen molar-refractivity contribution in [2.45, 2.75) is 16.9 Å². The third-order valence-corrected chi connectivity index (χ3v) is 3.97. The quantitative estimate of drug-likeness (QED) is 0.189. The minimum atomic E-state index is -0.221. The van der Waals surface area contributed by atoms with Crippen LogP contribution in [0.1, 0.15) is 12.8 Å². The third-order valence-electron chi connectivity index (χ3n) is 2.04. The predicted octanol–water partition coefficient (Wildman–Crippen LogP) is -3.34. The molecule has 0 aromatic rings. The Bertz CT molecular complexity index is 159. The second kappa shape index (κ2) is 5.06. The van der Waals surface area contributed by atoms with Crippen molar-refractivity contribution in [2.24, 2.45) is 5.92 Å². The number of esters is 1. The summed E-state index contributed by atoms with van der Waals surface area (Å²) in [4.78, 5) is 11.1. The number of hydrogen-bond donors (Lipinski definition) is 1. The van der Waals surface area contributed by atoms with Gasteiger partial charge >= 0.3 is 84.0 Å². The molecule has 0 aliphatic carbocycles. The van der Waals surface area contributed by atoms with Gasteiger partial charge in [0.15, 0.2) is 0 Å². The fourth-order valence-corrected chi connectivity index (χ4v) is 2.52. The summed E-state index contributed by atoms with van der Waals surface area (Å²) in [5.74, 6) is -0.0574. The fraction of sp³-hybridized carbons (Fsp3) is 0.857. The number of nitrogens with one attached hydrogen (secondary N) is 1. The second-order valence-electron chi connectivity index (χ2n) is 2.80. The first-order valence-corrected chi connectivity index (χ1v) is 6.40. The molecule has 5 heteroatoms. The van der Waals surface area contributed by atoms with Gasteiger partial charge in [0.1, 0.15) is 0 Å². The standard InChI is InChI=1S/C7H12BINO2/c1-12-7(11)5-2-3-6(9-8)10-4-5/h5-6,10H,2-4H2,1H3/q-1. The SMILES string of the molecule is [B][I-]C1CCC(C(=O)OC)CN1. The van der Waals surface area contributed by atoms with E-state index >= 15 is 0 Å². The zero-order valence-electron chi connectivity index (χ0n) is 7.05. The van der Waals surface area contributed by atoms with Crippen LogP contribution in [-0.2, 0) is 9.53 Å². The molecule has 12 heavy (non-hydrogen) atoms. The topological polar surface area (TPSA) is 38.3 Å². The summed E-state index contributed by atoms with van der Waals surface area (Å²) in [5.41, 5.74) is 5.59. The average molecular weight is 280 g/mol. The Morgan fingerprint density at radius 2 is 2.42 bits per heavy atom. The predicted molar refractivity (Wildman–Crippen MR) is 42.3 cm³/mol. The summed E-state index contributed by atoms with van der Waals surface area (Å²) in [6.45, 7) is 0.730. The molecular formula is C7H12BINO2-. The van der Waals surface area contributed by atoms with Crippen LogP contribution in [0.25, 0.3) is 0 Å². The van der Waals surface area contributed by atoms with Crippen molar-refractivity contribution in [2.75, 3.05) is 13.7 Å². The van der Waals surface area contributed by atoms with Crippen LogP contribution in [0.5, 0.6) is 0 Å². The summed E-state index contributed by atoms with van der Waals surface area (Å²) in [7, 11) is 1.43. The van der Waals surface area contributed by atoms with Crippen molar-refractivity contribution in [1.82, 2.24) is 5.32 Å². The minimum absolute atomic E-state index is 0.0433. The van der Waals surface area contributed by atoms with Crippen LogP contribution >= 0.6 is 0 Å². The summed E-state index contributed by atoms with van der Waals surface area (Å²) in [6, 6.07) is 0. The third kappa shape index (κ3) is 2.62. The van der Waals surface area contributed by atoms with Gasteiger partial charge in [-0.1, -0.05) is 0 Å². The number of piperidine rings is 1. The van der Waals surface area contributed by atoms with E-state index in [1.807, 2.05) is 0 Å². The van der Waals surface area contributed by atoms with Crippen LogP contribution in [-0.4, -0.2) is 29.4 Å². The molecular weight excluding hydrogens is 268 g/mol. The molecule has 3 nitrogen and oxygen atoms in total. The molecule has 2 radical (unpaired) electrons. The molecule has 1 N–H and O–H groups in total. The Morgan fingerprint density at radius 3 is 2.83 bits per heavy atom. The molecule has 0 aromatic carbocycles. The van der Waals surface area contributed by atoms with E-state index in [1.54, 1.807) is 0 Å². The Balaban J connectivity index is 2.30. The maximum atomic E-state index is 11.1. The molecule has 68 valence electrons. The van der Waals surface area contributed by atoms with Gasteiger partial charge in [-0.3, -0.25) is 0 Å². The van der Waals surface area contributed by atoms with E-state index < -0.39 is 0 Å². The molecule has 1 rings (SSSR count).